The van der Waals surface area contributed by atoms with Gasteiger partial charge in [0.15, 0.2) is 0 Å². The van der Waals surface area contributed by atoms with Crippen molar-refractivity contribution in [3.8, 4) is 5.88 Å². The molecule has 114 valence electrons. The molecular weight excluding hydrogens is 393 g/mol. The number of amides is 1. The van der Waals surface area contributed by atoms with Gasteiger partial charge in [-0.25, -0.2) is 0 Å². The van der Waals surface area contributed by atoms with Crippen LogP contribution in [0.3, 0.4) is 0 Å². The van der Waals surface area contributed by atoms with Gasteiger partial charge in [-0.3, -0.25) is 4.79 Å². The van der Waals surface area contributed by atoms with Gasteiger partial charge >= 0.3 is 0 Å². The van der Waals surface area contributed by atoms with Crippen molar-refractivity contribution >= 4 is 28.5 Å². The van der Waals surface area contributed by atoms with Crippen molar-refractivity contribution in [1.29, 1.82) is 0 Å². The predicted molar refractivity (Wildman–Crippen MR) is 90.9 cm³/mol. The van der Waals surface area contributed by atoms with E-state index in [1.54, 1.807) is 0 Å². The lowest BCUT2D eigenvalue weighted by Crippen LogP contribution is -2.31. The van der Waals surface area contributed by atoms with Crippen LogP contribution >= 0.6 is 22.6 Å². The van der Waals surface area contributed by atoms with E-state index in [0.29, 0.717) is 19.0 Å². The molecule has 1 atom stereocenters. The van der Waals surface area contributed by atoms with Gasteiger partial charge in [0.1, 0.15) is 6.10 Å². The van der Waals surface area contributed by atoms with Crippen molar-refractivity contribution in [2.45, 2.75) is 19.4 Å². The van der Waals surface area contributed by atoms with E-state index in [9.17, 15) is 4.79 Å². The molecule has 1 aliphatic heterocycles. The maximum atomic E-state index is 12.5. The van der Waals surface area contributed by atoms with Gasteiger partial charge in [0.2, 0.25) is 5.88 Å². The van der Waals surface area contributed by atoms with Crippen molar-refractivity contribution in [2.75, 3.05) is 13.1 Å². The van der Waals surface area contributed by atoms with Crippen LogP contribution in [0.5, 0.6) is 5.88 Å². The summed E-state index contributed by atoms with van der Waals surface area (Å²) in [6.07, 6.45) is 0.785. The highest BCUT2D eigenvalue weighted by molar-refractivity contribution is 14.1. The van der Waals surface area contributed by atoms with Gasteiger partial charge in [0.25, 0.3) is 5.91 Å². The summed E-state index contributed by atoms with van der Waals surface area (Å²) in [5, 5.41) is 7.99. The lowest BCUT2D eigenvalue weighted by atomic mass is 10.2. The molecule has 1 fully saturated rings. The molecular formula is C16H16IN3O2. The zero-order chi connectivity index (χ0) is 15.5. The number of aromatic nitrogens is 2. The Morgan fingerprint density at radius 1 is 1.27 bits per heavy atom. The van der Waals surface area contributed by atoms with Gasteiger partial charge in [-0.2, -0.15) is 5.10 Å². The first-order chi connectivity index (χ1) is 10.6. The topological polar surface area (TPSA) is 55.3 Å². The Kier molecular flexibility index (Phi) is 4.56. The Hall–Kier alpha value is -1.70. The molecule has 1 saturated heterocycles. The number of likely N-dealkylation sites (tertiary alicyclic amines) is 1. The van der Waals surface area contributed by atoms with Crippen LogP contribution < -0.4 is 4.74 Å². The second-order valence-electron chi connectivity index (χ2n) is 5.27. The SMILES string of the molecule is Cc1ccc(OC2CCN(C(=O)c3ccccc3I)C2)nn1. The van der Waals surface area contributed by atoms with E-state index in [4.69, 9.17) is 4.74 Å². The summed E-state index contributed by atoms with van der Waals surface area (Å²) >= 11 is 2.19. The number of hydrogen-bond acceptors (Lipinski definition) is 4. The summed E-state index contributed by atoms with van der Waals surface area (Å²) < 4.78 is 6.78. The Labute approximate surface area is 142 Å². The molecule has 0 N–H and O–H groups in total. The minimum Gasteiger partial charge on any atom is -0.471 e. The minimum absolute atomic E-state index is 0.0256. The number of rotatable bonds is 3. The molecule has 2 heterocycles. The fourth-order valence-electron chi connectivity index (χ4n) is 2.43. The van der Waals surface area contributed by atoms with E-state index in [0.717, 1.165) is 21.2 Å². The Bertz CT molecular complexity index is 675. The van der Waals surface area contributed by atoms with Gasteiger partial charge in [-0.05, 0) is 47.7 Å². The fourth-order valence-corrected chi connectivity index (χ4v) is 3.05. The third kappa shape index (κ3) is 3.37. The molecule has 1 aromatic heterocycles. The lowest BCUT2D eigenvalue weighted by molar-refractivity contribution is 0.0770. The highest BCUT2D eigenvalue weighted by Crippen LogP contribution is 2.20. The maximum Gasteiger partial charge on any atom is 0.255 e. The molecule has 0 spiro atoms. The van der Waals surface area contributed by atoms with Crippen LogP contribution in [0.1, 0.15) is 22.5 Å². The second kappa shape index (κ2) is 6.60. The first-order valence-corrected chi connectivity index (χ1v) is 8.22. The summed E-state index contributed by atoms with van der Waals surface area (Å²) in [6, 6.07) is 11.3. The van der Waals surface area contributed by atoms with Crippen LogP contribution in [0.2, 0.25) is 0 Å². The Morgan fingerprint density at radius 3 is 2.82 bits per heavy atom. The van der Waals surface area contributed by atoms with Crippen LogP contribution in [0.4, 0.5) is 0 Å². The minimum atomic E-state index is -0.0256. The lowest BCUT2D eigenvalue weighted by Gasteiger charge is -2.17. The third-order valence-electron chi connectivity index (χ3n) is 3.60. The molecule has 0 radical (unpaired) electrons. The third-order valence-corrected chi connectivity index (χ3v) is 4.54. The molecule has 1 unspecified atom stereocenters. The standard InChI is InChI=1S/C16H16IN3O2/c1-11-6-7-15(19-18-11)22-12-8-9-20(10-12)16(21)13-4-2-3-5-14(13)17/h2-7,12H,8-10H2,1H3. The molecule has 3 rings (SSSR count). The van der Waals surface area contributed by atoms with Crippen LogP contribution in [0, 0.1) is 10.5 Å². The zero-order valence-corrected chi connectivity index (χ0v) is 14.4. The van der Waals surface area contributed by atoms with Gasteiger partial charge < -0.3 is 9.64 Å². The number of carbonyl (C=O) groups excluding carboxylic acids is 1. The van der Waals surface area contributed by atoms with Crippen LogP contribution in [0.15, 0.2) is 36.4 Å². The number of ether oxygens (including phenoxy) is 1. The molecule has 0 aliphatic carbocycles. The van der Waals surface area contributed by atoms with Gasteiger partial charge in [0.05, 0.1) is 17.8 Å². The van der Waals surface area contributed by atoms with Gasteiger partial charge in [0, 0.05) is 22.6 Å². The van der Waals surface area contributed by atoms with E-state index in [1.165, 1.54) is 0 Å². The van der Waals surface area contributed by atoms with E-state index < -0.39 is 0 Å². The molecule has 0 saturated carbocycles. The number of benzene rings is 1. The van der Waals surface area contributed by atoms with E-state index >= 15 is 0 Å². The average Bonchev–Trinajstić information content (AvgIpc) is 2.98. The second-order valence-corrected chi connectivity index (χ2v) is 6.43. The largest absolute Gasteiger partial charge is 0.471 e. The maximum absolute atomic E-state index is 12.5. The zero-order valence-electron chi connectivity index (χ0n) is 12.2. The summed E-state index contributed by atoms with van der Waals surface area (Å²) in [6.45, 7) is 3.17. The monoisotopic (exact) mass is 409 g/mol. The molecule has 1 amide bonds. The number of nitrogens with zero attached hydrogens (tertiary/aromatic N) is 3. The number of hydrogen-bond donors (Lipinski definition) is 0. The fraction of sp³-hybridized carbons (Fsp3) is 0.312. The summed E-state index contributed by atoms with van der Waals surface area (Å²) in [7, 11) is 0. The summed E-state index contributed by atoms with van der Waals surface area (Å²) in [5.74, 6) is 0.574. The quantitative estimate of drug-likeness (QED) is 0.732. The van der Waals surface area contributed by atoms with Gasteiger partial charge in [-0.15, -0.1) is 5.10 Å². The highest BCUT2D eigenvalue weighted by Gasteiger charge is 2.29. The first-order valence-electron chi connectivity index (χ1n) is 7.14. The smallest absolute Gasteiger partial charge is 0.255 e. The average molecular weight is 409 g/mol. The number of carbonyl (C=O) groups is 1. The van der Waals surface area contributed by atoms with Crippen LogP contribution in [0.25, 0.3) is 0 Å². The van der Waals surface area contributed by atoms with Gasteiger partial charge in [-0.1, -0.05) is 12.1 Å². The summed E-state index contributed by atoms with van der Waals surface area (Å²) in [4.78, 5) is 14.4. The van der Waals surface area contributed by atoms with E-state index in [-0.39, 0.29) is 12.0 Å². The predicted octanol–water partition coefficient (Wildman–Crippen LogP) is 2.68. The van der Waals surface area contributed by atoms with Crippen LogP contribution in [-0.4, -0.2) is 40.2 Å². The van der Waals surface area contributed by atoms with Crippen molar-refractivity contribution in [3.63, 3.8) is 0 Å². The molecule has 1 aromatic carbocycles. The van der Waals surface area contributed by atoms with E-state index in [2.05, 4.69) is 32.8 Å². The summed E-state index contributed by atoms with van der Waals surface area (Å²) in [5.41, 5.74) is 1.60. The molecule has 6 heteroatoms. The molecule has 5 nitrogen and oxygen atoms in total. The van der Waals surface area contributed by atoms with Crippen LogP contribution in [-0.2, 0) is 0 Å². The molecule has 0 bridgehead atoms. The number of halogens is 1. The normalized spacial score (nSPS) is 17.5. The van der Waals surface area contributed by atoms with Crippen molar-refractivity contribution in [2.24, 2.45) is 0 Å². The first kappa shape index (κ1) is 15.2. The van der Waals surface area contributed by atoms with E-state index in [1.807, 2.05) is 48.2 Å². The number of aryl methyl sites for hydroxylation is 1. The molecule has 1 aliphatic rings. The Morgan fingerprint density at radius 2 is 2.09 bits per heavy atom. The van der Waals surface area contributed by atoms with Crippen molar-refractivity contribution in [3.05, 3.63) is 51.2 Å². The highest BCUT2D eigenvalue weighted by atomic mass is 127. The van der Waals surface area contributed by atoms with Crippen molar-refractivity contribution in [1.82, 2.24) is 15.1 Å². The van der Waals surface area contributed by atoms with Crippen molar-refractivity contribution < 1.29 is 9.53 Å². The Balaban J connectivity index is 1.63. The molecule has 2 aromatic rings. The molecule has 22 heavy (non-hydrogen) atoms.